The van der Waals surface area contributed by atoms with E-state index >= 15 is 0 Å². The number of ether oxygens (including phenoxy) is 2. The van der Waals surface area contributed by atoms with Gasteiger partial charge in [0.1, 0.15) is 18.3 Å². The molecule has 184 valence electrons. The molecule has 0 bridgehead atoms. The number of carbonyl (C=O) groups is 1. The Hall–Kier alpha value is -1.90. The minimum absolute atomic E-state index is 0.0834. The van der Waals surface area contributed by atoms with E-state index in [1.54, 1.807) is 0 Å². The van der Waals surface area contributed by atoms with E-state index in [1.807, 2.05) is 6.92 Å². The van der Waals surface area contributed by atoms with Gasteiger partial charge in [0.15, 0.2) is 23.2 Å². The number of fused-ring (bicyclic) bond motifs is 1. The summed E-state index contributed by atoms with van der Waals surface area (Å²) >= 11 is 5.99. The molecule has 2 aromatic rings. The molecule has 1 saturated heterocycles. The van der Waals surface area contributed by atoms with Gasteiger partial charge >= 0.3 is 13.6 Å². The average Bonchev–Trinajstić information content (AvgIpc) is 3.27. The third-order valence-corrected chi connectivity index (χ3v) is 7.29. The van der Waals surface area contributed by atoms with Crippen molar-refractivity contribution in [3.05, 3.63) is 11.6 Å². The number of carboxylic acid groups (broad SMARTS) is 1. The monoisotopic (exact) mass is 509 g/mol. The van der Waals surface area contributed by atoms with Gasteiger partial charge in [0.25, 0.3) is 5.34 Å². The summed E-state index contributed by atoms with van der Waals surface area (Å²) in [6.45, 7) is 3.82. The zero-order valence-corrected chi connectivity index (χ0v) is 19.6. The van der Waals surface area contributed by atoms with Crippen molar-refractivity contribution in [3.63, 3.8) is 0 Å². The van der Waals surface area contributed by atoms with Crippen molar-refractivity contribution in [2.24, 2.45) is 0 Å². The number of anilines is 1. The fraction of sp³-hybridized carbons (Fsp3) is 0.647. The van der Waals surface area contributed by atoms with Crippen LogP contribution in [0.3, 0.4) is 0 Å². The Morgan fingerprint density at radius 2 is 2.06 bits per heavy atom. The molecule has 33 heavy (non-hydrogen) atoms. The van der Waals surface area contributed by atoms with Gasteiger partial charge in [0.05, 0.1) is 19.5 Å². The Balaban J connectivity index is 1.85. The van der Waals surface area contributed by atoms with Crippen LogP contribution in [-0.4, -0.2) is 89.1 Å². The van der Waals surface area contributed by atoms with Gasteiger partial charge in [-0.25, -0.2) is 9.78 Å². The number of aromatic nitrogens is 4. The first-order valence-electron chi connectivity index (χ1n) is 9.97. The molecule has 3 heterocycles. The van der Waals surface area contributed by atoms with Crippen LogP contribution in [-0.2, 0) is 23.4 Å². The second-order valence-electron chi connectivity index (χ2n) is 7.28. The van der Waals surface area contributed by atoms with Crippen LogP contribution in [0.2, 0.25) is 5.28 Å². The Bertz CT molecular complexity index is 1070. The van der Waals surface area contributed by atoms with E-state index in [-0.39, 0.29) is 17.5 Å². The quantitative estimate of drug-likeness (QED) is 0.220. The lowest BCUT2D eigenvalue weighted by molar-refractivity contribution is -0.161. The van der Waals surface area contributed by atoms with Crippen LogP contribution in [0.4, 0.5) is 5.82 Å². The molecule has 14 nitrogen and oxygen atoms in total. The smallest absolute Gasteiger partial charge is 0.370 e. The first-order chi connectivity index (χ1) is 15.5. The molecule has 0 saturated carbocycles. The van der Waals surface area contributed by atoms with Crippen molar-refractivity contribution in [2.75, 3.05) is 25.1 Å². The van der Waals surface area contributed by atoms with Crippen LogP contribution < -0.4 is 5.32 Å². The minimum Gasteiger partial charge on any atom is -0.479 e. The summed E-state index contributed by atoms with van der Waals surface area (Å²) in [5, 5.41) is 30.8. The van der Waals surface area contributed by atoms with Crippen molar-refractivity contribution >= 4 is 42.1 Å². The molecular formula is C17H25ClN5O9P. The molecule has 0 aromatic carbocycles. The van der Waals surface area contributed by atoms with Crippen molar-refractivity contribution in [3.8, 4) is 0 Å². The number of aliphatic hydroxyl groups excluding tert-OH is 2. The normalized spacial score (nSPS) is 26.8. The lowest BCUT2D eigenvalue weighted by Gasteiger charge is -2.30. The van der Waals surface area contributed by atoms with Crippen molar-refractivity contribution in [1.29, 1.82) is 0 Å². The molecule has 0 spiro atoms. The van der Waals surface area contributed by atoms with Gasteiger partial charge in [-0.15, -0.1) is 0 Å². The Kier molecular flexibility index (Phi) is 7.61. The lowest BCUT2D eigenvalue weighted by atomic mass is 10.1. The molecule has 16 heteroatoms. The van der Waals surface area contributed by atoms with Gasteiger partial charge in [-0.2, -0.15) is 9.97 Å². The van der Waals surface area contributed by atoms with Crippen LogP contribution in [0.5, 0.6) is 0 Å². The summed E-state index contributed by atoms with van der Waals surface area (Å²) in [7, 11) is -4.75. The highest BCUT2D eigenvalue weighted by Crippen LogP contribution is 2.56. The molecule has 6 atom stereocenters. The Morgan fingerprint density at radius 3 is 2.67 bits per heavy atom. The topological polar surface area (TPSA) is 198 Å². The summed E-state index contributed by atoms with van der Waals surface area (Å²) in [5.74, 6) is -1.37. The predicted molar refractivity (Wildman–Crippen MR) is 114 cm³/mol. The van der Waals surface area contributed by atoms with Crippen LogP contribution in [0.15, 0.2) is 6.33 Å². The summed E-state index contributed by atoms with van der Waals surface area (Å²) in [6, 6.07) is 0. The first-order valence-corrected chi connectivity index (χ1v) is 11.9. The van der Waals surface area contributed by atoms with Crippen molar-refractivity contribution in [2.45, 2.75) is 50.7 Å². The third kappa shape index (κ3) is 4.70. The zero-order chi connectivity index (χ0) is 24.6. The predicted octanol–water partition coefficient (Wildman–Crippen LogP) is 0.570. The van der Waals surface area contributed by atoms with Crippen molar-refractivity contribution < 1.29 is 43.6 Å². The van der Waals surface area contributed by atoms with Crippen LogP contribution in [0, 0.1) is 0 Å². The zero-order valence-electron chi connectivity index (χ0n) is 18.0. The number of rotatable bonds is 10. The van der Waals surface area contributed by atoms with E-state index in [2.05, 4.69) is 20.3 Å². The molecule has 1 fully saturated rings. The van der Waals surface area contributed by atoms with E-state index in [9.17, 15) is 29.6 Å². The summed E-state index contributed by atoms with van der Waals surface area (Å²) < 4.78 is 29.3. The van der Waals surface area contributed by atoms with E-state index in [0.29, 0.717) is 17.9 Å². The van der Waals surface area contributed by atoms with Gasteiger partial charge in [-0.05, 0) is 32.4 Å². The number of nitrogens with zero attached hydrogens (tertiary/aromatic N) is 4. The molecule has 2 aromatic heterocycles. The molecule has 0 amide bonds. The van der Waals surface area contributed by atoms with Gasteiger partial charge < -0.3 is 39.5 Å². The highest BCUT2D eigenvalue weighted by atomic mass is 35.5. The summed E-state index contributed by atoms with van der Waals surface area (Å²) in [4.78, 5) is 34.1. The SMILES string of the molecule is CCNc1nc(Cl)nc2c1ncn2[C@@H]1O[C@H](COC(C)(C(=O)O)P(=O)(O)OCC)[C@@H](O)[C@H]1O. The average molecular weight is 510 g/mol. The number of carboxylic acids is 1. The molecule has 0 radical (unpaired) electrons. The number of aliphatic hydroxyl groups is 2. The van der Waals surface area contributed by atoms with Crippen LogP contribution in [0.1, 0.15) is 27.0 Å². The van der Waals surface area contributed by atoms with E-state index in [4.69, 9.17) is 25.6 Å². The fourth-order valence-corrected chi connectivity index (χ4v) is 4.51. The van der Waals surface area contributed by atoms with Crippen LogP contribution in [0.25, 0.3) is 11.2 Å². The number of hydrogen-bond acceptors (Lipinski definition) is 11. The first kappa shape index (κ1) is 25.7. The van der Waals surface area contributed by atoms with Gasteiger partial charge in [0.2, 0.25) is 5.28 Å². The van der Waals surface area contributed by atoms with Gasteiger partial charge in [0, 0.05) is 6.54 Å². The molecule has 2 unspecified atom stereocenters. The highest BCUT2D eigenvalue weighted by Gasteiger charge is 2.55. The minimum atomic E-state index is -4.75. The van der Waals surface area contributed by atoms with E-state index in [1.165, 1.54) is 17.8 Å². The van der Waals surface area contributed by atoms with Gasteiger partial charge in [-0.3, -0.25) is 9.13 Å². The maximum Gasteiger partial charge on any atom is 0.370 e. The Morgan fingerprint density at radius 1 is 1.36 bits per heavy atom. The highest BCUT2D eigenvalue weighted by molar-refractivity contribution is 7.55. The lowest BCUT2D eigenvalue weighted by Crippen LogP contribution is -2.43. The second kappa shape index (κ2) is 9.76. The number of hydrogen-bond donors (Lipinski definition) is 5. The number of nitrogens with one attached hydrogen (secondary N) is 1. The van der Waals surface area contributed by atoms with Crippen LogP contribution >= 0.6 is 19.2 Å². The molecule has 3 rings (SSSR count). The maximum absolute atomic E-state index is 12.4. The molecular weight excluding hydrogens is 485 g/mol. The number of aliphatic carboxylic acids is 1. The fourth-order valence-electron chi connectivity index (χ4n) is 3.27. The second-order valence-corrected chi connectivity index (χ2v) is 9.77. The molecule has 1 aliphatic rings. The summed E-state index contributed by atoms with van der Waals surface area (Å²) in [5.41, 5.74) is 0.568. The molecule has 1 aliphatic heterocycles. The molecule has 0 aliphatic carbocycles. The largest absolute Gasteiger partial charge is 0.479 e. The third-order valence-electron chi connectivity index (χ3n) is 5.12. The van der Waals surface area contributed by atoms with E-state index in [0.717, 1.165) is 6.92 Å². The molecule has 5 N–H and O–H groups in total. The number of imidazole rings is 1. The standard InChI is InChI=1S/C17H25ClN5O9P/c1-4-19-12-9-13(22-16(18)21-12)23(7-20-9)14-11(25)10(24)8(32-14)6-30-17(3,15(26)27)33(28,29)31-5-2/h7-8,10-11,14,24-25H,4-6H2,1-3H3,(H,26,27)(H,28,29)(H,19,21,22)/t8-,10-,11-,14-,17?/m1/s1. The van der Waals surface area contributed by atoms with Crippen molar-refractivity contribution in [1.82, 2.24) is 19.5 Å². The Labute approximate surface area is 193 Å². The maximum atomic E-state index is 12.4. The van der Waals surface area contributed by atoms with Gasteiger partial charge in [-0.1, -0.05) is 0 Å². The number of halogens is 1. The summed E-state index contributed by atoms with van der Waals surface area (Å²) in [6.07, 6.45) is -4.15. The van der Waals surface area contributed by atoms with E-state index < -0.39 is 50.1 Å².